The van der Waals surface area contributed by atoms with Crippen LogP contribution in [0, 0.1) is 0 Å². The number of nitrogens with two attached hydrogens (primary N) is 1. The molecule has 0 amide bonds. The SMILES string of the molecule is CN(c1nc(C(F)(F)F)ccc1CN)C1CCSC1. The van der Waals surface area contributed by atoms with Gasteiger partial charge < -0.3 is 10.6 Å². The van der Waals surface area contributed by atoms with Crippen LogP contribution in [0.1, 0.15) is 17.7 Å². The van der Waals surface area contributed by atoms with Crippen molar-refractivity contribution in [2.45, 2.75) is 25.2 Å². The molecule has 2 heterocycles. The lowest BCUT2D eigenvalue weighted by atomic mass is 10.1. The molecule has 1 aromatic heterocycles. The summed E-state index contributed by atoms with van der Waals surface area (Å²) in [5.41, 5.74) is 5.38. The molecule has 106 valence electrons. The van der Waals surface area contributed by atoms with Crippen LogP contribution in [0.4, 0.5) is 19.0 Å². The van der Waals surface area contributed by atoms with Crippen molar-refractivity contribution in [1.29, 1.82) is 0 Å². The summed E-state index contributed by atoms with van der Waals surface area (Å²) in [6.07, 6.45) is -3.46. The van der Waals surface area contributed by atoms with E-state index in [0.29, 0.717) is 11.4 Å². The molecule has 2 rings (SSSR count). The van der Waals surface area contributed by atoms with Crippen LogP contribution < -0.4 is 10.6 Å². The van der Waals surface area contributed by atoms with Gasteiger partial charge in [0.25, 0.3) is 0 Å². The maximum absolute atomic E-state index is 12.7. The highest BCUT2D eigenvalue weighted by molar-refractivity contribution is 7.99. The molecule has 1 aliphatic rings. The molecule has 0 aliphatic carbocycles. The Balaban J connectivity index is 2.35. The first-order chi connectivity index (χ1) is 8.93. The summed E-state index contributed by atoms with van der Waals surface area (Å²) in [6.45, 7) is 0.185. The van der Waals surface area contributed by atoms with Crippen LogP contribution in [0.15, 0.2) is 12.1 Å². The molecular formula is C12H16F3N3S. The van der Waals surface area contributed by atoms with Crippen molar-refractivity contribution in [3.63, 3.8) is 0 Å². The van der Waals surface area contributed by atoms with Gasteiger partial charge in [-0.15, -0.1) is 0 Å². The van der Waals surface area contributed by atoms with Crippen LogP contribution in [-0.2, 0) is 12.7 Å². The molecule has 2 N–H and O–H groups in total. The predicted octanol–water partition coefficient (Wildman–Crippen LogP) is 2.50. The van der Waals surface area contributed by atoms with Crippen LogP contribution in [0.3, 0.4) is 0 Å². The number of hydrogen-bond acceptors (Lipinski definition) is 4. The van der Waals surface area contributed by atoms with Gasteiger partial charge in [-0.3, -0.25) is 0 Å². The molecule has 0 aromatic carbocycles. The lowest BCUT2D eigenvalue weighted by Crippen LogP contribution is -2.33. The maximum atomic E-state index is 12.7. The van der Waals surface area contributed by atoms with Gasteiger partial charge in [-0.25, -0.2) is 4.98 Å². The molecule has 1 aliphatic heterocycles. The van der Waals surface area contributed by atoms with E-state index in [1.165, 1.54) is 6.07 Å². The second-order valence-corrected chi connectivity index (χ2v) is 5.66. The van der Waals surface area contributed by atoms with Gasteiger partial charge in [0.1, 0.15) is 11.5 Å². The average Bonchev–Trinajstić information content (AvgIpc) is 2.90. The molecule has 1 atom stereocenters. The third kappa shape index (κ3) is 3.14. The summed E-state index contributed by atoms with van der Waals surface area (Å²) >= 11 is 1.81. The minimum absolute atomic E-state index is 0.185. The fraction of sp³-hybridized carbons (Fsp3) is 0.583. The van der Waals surface area contributed by atoms with Crippen LogP contribution >= 0.6 is 11.8 Å². The second kappa shape index (κ2) is 5.58. The summed E-state index contributed by atoms with van der Waals surface area (Å²) in [5.74, 6) is 2.30. The minimum Gasteiger partial charge on any atom is -0.356 e. The van der Waals surface area contributed by atoms with E-state index in [-0.39, 0.29) is 12.6 Å². The van der Waals surface area contributed by atoms with Crippen molar-refractivity contribution < 1.29 is 13.2 Å². The highest BCUT2D eigenvalue weighted by Gasteiger charge is 2.34. The zero-order chi connectivity index (χ0) is 14.0. The molecule has 19 heavy (non-hydrogen) atoms. The van der Waals surface area contributed by atoms with Gasteiger partial charge in [0.15, 0.2) is 0 Å². The zero-order valence-corrected chi connectivity index (χ0v) is 11.4. The number of pyridine rings is 1. The largest absolute Gasteiger partial charge is 0.433 e. The normalized spacial score (nSPS) is 19.7. The average molecular weight is 291 g/mol. The Morgan fingerprint density at radius 2 is 2.21 bits per heavy atom. The number of alkyl halides is 3. The van der Waals surface area contributed by atoms with Gasteiger partial charge in [0.2, 0.25) is 0 Å². The van der Waals surface area contributed by atoms with Crippen molar-refractivity contribution in [3.05, 3.63) is 23.4 Å². The highest BCUT2D eigenvalue weighted by atomic mass is 32.2. The summed E-state index contributed by atoms with van der Waals surface area (Å²) in [5, 5.41) is 0. The van der Waals surface area contributed by atoms with Gasteiger partial charge in [-0.2, -0.15) is 24.9 Å². The standard InChI is InChI=1S/C12H16F3N3S/c1-18(9-4-5-19-7-9)11-8(6-16)2-3-10(17-11)12(13,14)15/h2-3,9H,4-7,16H2,1H3. The van der Waals surface area contributed by atoms with Gasteiger partial charge in [-0.05, 0) is 18.2 Å². The Morgan fingerprint density at radius 3 is 2.74 bits per heavy atom. The van der Waals surface area contributed by atoms with E-state index >= 15 is 0 Å². The summed E-state index contributed by atoms with van der Waals surface area (Å²) in [7, 11) is 1.79. The molecule has 1 aromatic rings. The van der Waals surface area contributed by atoms with Crippen molar-refractivity contribution in [3.8, 4) is 0 Å². The fourth-order valence-electron chi connectivity index (χ4n) is 2.10. The summed E-state index contributed by atoms with van der Waals surface area (Å²) < 4.78 is 38.2. The Morgan fingerprint density at radius 1 is 1.47 bits per heavy atom. The number of halogens is 3. The Bertz CT molecular complexity index is 444. The van der Waals surface area contributed by atoms with E-state index in [2.05, 4.69) is 4.98 Å². The lowest BCUT2D eigenvalue weighted by Gasteiger charge is -2.27. The monoisotopic (exact) mass is 291 g/mol. The molecule has 0 saturated carbocycles. The van der Waals surface area contributed by atoms with Crippen molar-refractivity contribution in [2.24, 2.45) is 5.73 Å². The number of nitrogens with zero attached hydrogens (tertiary/aromatic N) is 2. The first-order valence-corrected chi connectivity index (χ1v) is 7.16. The molecule has 1 unspecified atom stereocenters. The number of aromatic nitrogens is 1. The minimum atomic E-state index is -4.42. The van der Waals surface area contributed by atoms with Crippen molar-refractivity contribution >= 4 is 17.6 Å². The van der Waals surface area contributed by atoms with Crippen molar-refractivity contribution in [1.82, 2.24) is 4.98 Å². The molecule has 0 spiro atoms. The van der Waals surface area contributed by atoms with Gasteiger partial charge in [0, 0.05) is 31.0 Å². The molecule has 0 bridgehead atoms. The molecule has 1 fully saturated rings. The molecule has 0 radical (unpaired) electrons. The van der Waals surface area contributed by atoms with Gasteiger partial charge in [0.05, 0.1) is 0 Å². The van der Waals surface area contributed by atoms with Crippen LogP contribution in [0.5, 0.6) is 0 Å². The molecular weight excluding hydrogens is 275 g/mol. The highest BCUT2D eigenvalue weighted by Crippen LogP contribution is 2.32. The quantitative estimate of drug-likeness (QED) is 0.929. The Kier molecular flexibility index (Phi) is 4.25. The number of anilines is 1. The van der Waals surface area contributed by atoms with Crippen LogP contribution in [0.2, 0.25) is 0 Å². The number of thioether (sulfide) groups is 1. The van der Waals surface area contributed by atoms with Gasteiger partial charge in [-0.1, -0.05) is 6.07 Å². The second-order valence-electron chi connectivity index (χ2n) is 4.51. The van der Waals surface area contributed by atoms with Gasteiger partial charge >= 0.3 is 6.18 Å². The predicted molar refractivity (Wildman–Crippen MR) is 71.3 cm³/mol. The van der Waals surface area contributed by atoms with E-state index < -0.39 is 11.9 Å². The van der Waals surface area contributed by atoms with E-state index in [1.54, 1.807) is 18.8 Å². The van der Waals surface area contributed by atoms with E-state index in [1.807, 2.05) is 4.90 Å². The maximum Gasteiger partial charge on any atom is 0.433 e. The van der Waals surface area contributed by atoms with Crippen LogP contribution in [0.25, 0.3) is 0 Å². The lowest BCUT2D eigenvalue weighted by molar-refractivity contribution is -0.141. The topological polar surface area (TPSA) is 42.2 Å². The molecule has 1 saturated heterocycles. The first-order valence-electron chi connectivity index (χ1n) is 6.01. The zero-order valence-electron chi connectivity index (χ0n) is 10.6. The van der Waals surface area contributed by atoms with E-state index in [4.69, 9.17) is 5.73 Å². The number of rotatable bonds is 3. The Hall–Kier alpha value is -0.950. The smallest absolute Gasteiger partial charge is 0.356 e. The number of hydrogen-bond donors (Lipinski definition) is 1. The van der Waals surface area contributed by atoms with E-state index in [0.717, 1.165) is 24.0 Å². The van der Waals surface area contributed by atoms with E-state index in [9.17, 15) is 13.2 Å². The fourth-order valence-corrected chi connectivity index (χ4v) is 3.37. The molecule has 7 heteroatoms. The summed E-state index contributed by atoms with van der Waals surface area (Å²) in [4.78, 5) is 5.60. The van der Waals surface area contributed by atoms with Crippen LogP contribution in [-0.4, -0.2) is 29.6 Å². The third-order valence-corrected chi connectivity index (χ3v) is 4.40. The Labute approximate surface area is 114 Å². The molecule has 3 nitrogen and oxygen atoms in total. The first kappa shape index (κ1) is 14.5. The third-order valence-electron chi connectivity index (χ3n) is 3.25. The summed E-state index contributed by atoms with van der Waals surface area (Å²) in [6, 6.07) is 2.64. The van der Waals surface area contributed by atoms with Crippen molar-refractivity contribution in [2.75, 3.05) is 23.5 Å².